The smallest absolute Gasteiger partial charge is 0.376 e. The summed E-state index contributed by atoms with van der Waals surface area (Å²) in [6.07, 6.45) is 3.63. The van der Waals surface area contributed by atoms with Crippen LogP contribution in [-0.2, 0) is 33.0 Å². The van der Waals surface area contributed by atoms with Gasteiger partial charge in [0.05, 0.1) is 10.6 Å². The predicted octanol–water partition coefficient (Wildman–Crippen LogP) is 3.68. The van der Waals surface area contributed by atoms with Crippen molar-refractivity contribution in [3.8, 4) is 5.75 Å². The molecule has 2 aromatic carbocycles. The van der Waals surface area contributed by atoms with Gasteiger partial charge in [-0.25, -0.2) is 8.42 Å². The number of aryl methyl sites for hydroxylation is 1. The molecule has 0 fully saturated rings. The first-order chi connectivity index (χ1) is 13.4. The molecule has 0 aromatic heterocycles. The van der Waals surface area contributed by atoms with Crippen LogP contribution in [0.2, 0.25) is 0 Å². The molecule has 29 heavy (non-hydrogen) atoms. The normalized spacial score (nSPS) is 14.3. The second-order valence-corrected chi connectivity index (χ2v) is 9.57. The van der Waals surface area contributed by atoms with Crippen molar-refractivity contribution in [2.45, 2.75) is 30.2 Å². The topological polar surface area (TPSA) is 89.5 Å². The number of alkyl halides is 3. The molecule has 0 saturated heterocycles. The first-order valence-corrected chi connectivity index (χ1v) is 11.2. The van der Waals surface area contributed by atoms with Crippen molar-refractivity contribution in [1.29, 1.82) is 0 Å². The van der Waals surface area contributed by atoms with Gasteiger partial charge in [0.15, 0.2) is 0 Å². The Bertz CT molecular complexity index is 1170. The van der Waals surface area contributed by atoms with Crippen molar-refractivity contribution in [1.82, 2.24) is 0 Å². The van der Waals surface area contributed by atoms with Crippen molar-refractivity contribution in [3.05, 3.63) is 65.2 Å². The van der Waals surface area contributed by atoms with Crippen LogP contribution >= 0.6 is 0 Å². The van der Waals surface area contributed by atoms with E-state index in [1.807, 2.05) is 0 Å². The zero-order chi connectivity index (χ0) is 21.4. The van der Waals surface area contributed by atoms with Gasteiger partial charge in [0, 0.05) is 5.56 Å². The minimum absolute atomic E-state index is 0.0168. The second-order valence-electron chi connectivity index (χ2n) is 6.35. The first kappa shape index (κ1) is 21.2. The number of sulfonamides is 1. The number of allylic oxidation sites excluding steroid dienone is 2. The lowest BCUT2D eigenvalue weighted by atomic mass is 9.94. The van der Waals surface area contributed by atoms with Gasteiger partial charge in [-0.2, -0.15) is 21.6 Å². The molecule has 0 bridgehead atoms. The van der Waals surface area contributed by atoms with Crippen LogP contribution in [0.5, 0.6) is 5.75 Å². The third-order valence-corrected chi connectivity index (χ3v) is 6.60. The fourth-order valence-corrected chi connectivity index (χ4v) is 4.37. The predicted molar refractivity (Wildman–Crippen MR) is 101 cm³/mol. The SMILES string of the molecule is Cc1ccc(S(=O)(=O)Nc2ccc(OS(=O)(=O)C(F)(F)F)c3c2CC=CC3)cc1. The molecule has 0 saturated carbocycles. The molecule has 11 heteroatoms. The summed E-state index contributed by atoms with van der Waals surface area (Å²) in [7, 11) is -9.79. The maximum absolute atomic E-state index is 12.7. The maximum atomic E-state index is 12.7. The van der Waals surface area contributed by atoms with Crippen molar-refractivity contribution in [3.63, 3.8) is 0 Å². The van der Waals surface area contributed by atoms with Gasteiger partial charge >= 0.3 is 15.6 Å². The summed E-state index contributed by atoms with van der Waals surface area (Å²) >= 11 is 0. The quantitative estimate of drug-likeness (QED) is 0.429. The number of rotatable bonds is 5. The molecule has 156 valence electrons. The van der Waals surface area contributed by atoms with Gasteiger partial charge in [-0.05, 0) is 49.6 Å². The number of hydrogen-bond acceptors (Lipinski definition) is 5. The summed E-state index contributed by atoms with van der Waals surface area (Å²) in [5.74, 6) is -0.486. The van der Waals surface area contributed by atoms with E-state index in [0.29, 0.717) is 5.56 Å². The van der Waals surface area contributed by atoms with Crippen LogP contribution in [0.15, 0.2) is 53.4 Å². The molecule has 1 aliphatic carbocycles. The Morgan fingerprint density at radius 3 is 2.07 bits per heavy atom. The van der Waals surface area contributed by atoms with Crippen LogP contribution in [0.4, 0.5) is 18.9 Å². The number of nitrogens with one attached hydrogen (secondary N) is 1. The standard InChI is InChI=1S/C18H16F3NO5S2/c1-12-6-8-13(9-7-12)28(23,24)22-16-10-11-17(15-5-3-2-4-14(15)16)27-29(25,26)18(19,20)21/h2-3,6-11,22H,4-5H2,1H3. The van der Waals surface area contributed by atoms with Gasteiger partial charge in [0.1, 0.15) is 5.75 Å². The zero-order valence-corrected chi connectivity index (χ0v) is 16.7. The van der Waals surface area contributed by atoms with Gasteiger partial charge in [-0.3, -0.25) is 4.72 Å². The molecule has 0 radical (unpaired) electrons. The Hall–Kier alpha value is -2.53. The van der Waals surface area contributed by atoms with E-state index in [2.05, 4.69) is 8.91 Å². The lowest BCUT2D eigenvalue weighted by Crippen LogP contribution is -2.28. The maximum Gasteiger partial charge on any atom is 0.534 e. The molecular formula is C18H16F3NO5S2. The van der Waals surface area contributed by atoms with Gasteiger partial charge < -0.3 is 4.18 Å². The highest BCUT2D eigenvalue weighted by molar-refractivity contribution is 7.92. The van der Waals surface area contributed by atoms with E-state index in [1.54, 1.807) is 31.2 Å². The van der Waals surface area contributed by atoms with Crippen molar-refractivity contribution in [2.75, 3.05) is 4.72 Å². The fraction of sp³-hybridized carbons (Fsp3) is 0.222. The third kappa shape index (κ3) is 4.40. The van der Waals surface area contributed by atoms with E-state index >= 15 is 0 Å². The average Bonchev–Trinajstić information content (AvgIpc) is 2.63. The fourth-order valence-electron chi connectivity index (χ4n) is 2.79. The number of halogens is 3. The van der Waals surface area contributed by atoms with Crippen LogP contribution in [0.25, 0.3) is 0 Å². The van der Waals surface area contributed by atoms with Gasteiger partial charge in [-0.15, -0.1) is 0 Å². The lowest BCUT2D eigenvalue weighted by Gasteiger charge is -2.21. The van der Waals surface area contributed by atoms with E-state index < -0.39 is 31.4 Å². The lowest BCUT2D eigenvalue weighted by molar-refractivity contribution is -0.0500. The summed E-state index contributed by atoms with van der Waals surface area (Å²) in [6.45, 7) is 1.81. The summed E-state index contributed by atoms with van der Waals surface area (Å²) in [4.78, 5) is 0.0168. The molecule has 0 unspecified atom stereocenters. The van der Waals surface area contributed by atoms with Crippen molar-refractivity contribution < 1.29 is 34.2 Å². The Morgan fingerprint density at radius 1 is 0.897 bits per heavy atom. The number of fused-ring (bicyclic) bond motifs is 1. The van der Waals surface area contributed by atoms with Crippen molar-refractivity contribution >= 4 is 25.8 Å². The summed E-state index contributed by atoms with van der Waals surface area (Å²) in [6, 6.07) is 8.31. The Labute approximate surface area is 166 Å². The highest BCUT2D eigenvalue weighted by atomic mass is 32.2. The van der Waals surface area contributed by atoms with Crippen LogP contribution in [0.1, 0.15) is 16.7 Å². The molecule has 0 heterocycles. The van der Waals surface area contributed by atoms with Gasteiger partial charge in [0.2, 0.25) is 0 Å². The second kappa shape index (κ2) is 7.38. The third-order valence-electron chi connectivity index (χ3n) is 4.26. The number of benzene rings is 2. The summed E-state index contributed by atoms with van der Waals surface area (Å²) in [5, 5.41) is 0. The van der Waals surface area contributed by atoms with E-state index in [-0.39, 0.29) is 29.0 Å². The van der Waals surface area contributed by atoms with E-state index in [1.165, 1.54) is 18.2 Å². The molecule has 1 N–H and O–H groups in total. The largest absolute Gasteiger partial charge is 0.534 e. The van der Waals surface area contributed by atoms with Crippen LogP contribution in [-0.4, -0.2) is 22.3 Å². The Kier molecular flexibility index (Phi) is 5.39. The molecule has 2 aromatic rings. The molecule has 0 amide bonds. The van der Waals surface area contributed by atoms with Crippen LogP contribution in [0.3, 0.4) is 0 Å². The van der Waals surface area contributed by atoms with Crippen LogP contribution in [0, 0.1) is 6.92 Å². The number of hydrogen-bond donors (Lipinski definition) is 1. The minimum atomic E-state index is -5.84. The average molecular weight is 447 g/mol. The molecular weight excluding hydrogens is 431 g/mol. The molecule has 3 rings (SSSR count). The Morgan fingerprint density at radius 2 is 1.48 bits per heavy atom. The summed E-state index contributed by atoms with van der Waals surface area (Å²) in [5.41, 5.74) is -4.04. The van der Waals surface area contributed by atoms with Gasteiger partial charge in [0.25, 0.3) is 10.0 Å². The van der Waals surface area contributed by atoms with Crippen molar-refractivity contribution in [2.24, 2.45) is 0 Å². The summed E-state index contributed by atoms with van der Waals surface area (Å²) < 4.78 is 92.6. The van der Waals surface area contributed by atoms with E-state index in [9.17, 15) is 30.0 Å². The monoisotopic (exact) mass is 447 g/mol. The van der Waals surface area contributed by atoms with E-state index in [0.717, 1.165) is 11.6 Å². The highest BCUT2D eigenvalue weighted by Gasteiger charge is 2.49. The highest BCUT2D eigenvalue weighted by Crippen LogP contribution is 2.36. The Balaban J connectivity index is 1.99. The minimum Gasteiger partial charge on any atom is -0.376 e. The molecule has 6 nitrogen and oxygen atoms in total. The van der Waals surface area contributed by atoms with Crippen LogP contribution < -0.4 is 8.91 Å². The molecule has 1 aliphatic rings. The molecule has 0 atom stereocenters. The zero-order valence-electron chi connectivity index (χ0n) is 15.0. The van der Waals surface area contributed by atoms with Gasteiger partial charge in [-0.1, -0.05) is 29.8 Å². The molecule has 0 aliphatic heterocycles. The first-order valence-electron chi connectivity index (χ1n) is 8.31. The molecule has 0 spiro atoms. The van der Waals surface area contributed by atoms with E-state index in [4.69, 9.17) is 0 Å². The number of anilines is 1.